The van der Waals surface area contributed by atoms with Crippen LogP contribution in [-0.2, 0) is 9.53 Å². The minimum atomic E-state index is -1.06. The first-order valence-electron chi connectivity index (χ1n) is 5.49. The van der Waals surface area contributed by atoms with Gasteiger partial charge in [-0.3, -0.25) is 14.7 Å². The highest BCUT2D eigenvalue weighted by Crippen LogP contribution is 2.12. The van der Waals surface area contributed by atoms with Gasteiger partial charge in [-0.2, -0.15) is 5.10 Å². The number of nitrogens with one attached hydrogen (secondary N) is 1. The largest absolute Gasteiger partial charge is 0.480 e. The van der Waals surface area contributed by atoms with Gasteiger partial charge >= 0.3 is 5.97 Å². The van der Waals surface area contributed by atoms with Crippen molar-refractivity contribution in [3.05, 3.63) is 17.0 Å². The van der Waals surface area contributed by atoms with Gasteiger partial charge in [-0.25, -0.2) is 0 Å². The van der Waals surface area contributed by atoms with Gasteiger partial charge in [-0.05, 0) is 13.8 Å². The summed E-state index contributed by atoms with van der Waals surface area (Å²) in [6, 6.07) is 0. The molecular formula is C11H17N3O4. The Hall–Kier alpha value is -1.89. The summed E-state index contributed by atoms with van der Waals surface area (Å²) in [4.78, 5) is 24.2. The Morgan fingerprint density at radius 3 is 2.56 bits per heavy atom. The van der Waals surface area contributed by atoms with Crippen LogP contribution in [0.2, 0.25) is 0 Å². The number of aromatic nitrogens is 2. The maximum absolute atomic E-state index is 12.2. The average Bonchev–Trinajstić information content (AvgIpc) is 2.63. The molecule has 7 heteroatoms. The van der Waals surface area contributed by atoms with Crippen molar-refractivity contribution in [1.82, 2.24) is 15.1 Å². The van der Waals surface area contributed by atoms with Gasteiger partial charge in [0, 0.05) is 19.3 Å². The van der Waals surface area contributed by atoms with E-state index in [0.29, 0.717) is 17.0 Å². The number of carbonyl (C=O) groups excluding carboxylic acids is 1. The topological polar surface area (TPSA) is 95.5 Å². The van der Waals surface area contributed by atoms with E-state index in [-0.39, 0.29) is 25.6 Å². The molecule has 0 radical (unpaired) electrons. The van der Waals surface area contributed by atoms with E-state index in [1.165, 1.54) is 12.0 Å². The molecule has 0 aliphatic heterocycles. The maximum Gasteiger partial charge on any atom is 0.323 e. The number of carbonyl (C=O) groups is 2. The van der Waals surface area contributed by atoms with Crippen LogP contribution in [0.3, 0.4) is 0 Å². The minimum absolute atomic E-state index is 0.228. The van der Waals surface area contributed by atoms with Crippen LogP contribution < -0.4 is 0 Å². The lowest BCUT2D eigenvalue weighted by Crippen LogP contribution is -2.38. The van der Waals surface area contributed by atoms with E-state index in [2.05, 4.69) is 10.2 Å². The zero-order chi connectivity index (χ0) is 13.7. The molecule has 100 valence electrons. The predicted molar refractivity (Wildman–Crippen MR) is 63.5 cm³/mol. The lowest BCUT2D eigenvalue weighted by atomic mass is 10.1. The summed E-state index contributed by atoms with van der Waals surface area (Å²) in [6.07, 6.45) is 0. The molecule has 18 heavy (non-hydrogen) atoms. The molecular weight excluding hydrogens is 238 g/mol. The van der Waals surface area contributed by atoms with Crippen molar-refractivity contribution in [2.75, 3.05) is 26.8 Å². The van der Waals surface area contributed by atoms with E-state index in [1.54, 1.807) is 13.8 Å². The summed E-state index contributed by atoms with van der Waals surface area (Å²) in [6.45, 7) is 3.58. The number of rotatable bonds is 6. The van der Waals surface area contributed by atoms with Crippen molar-refractivity contribution in [2.45, 2.75) is 13.8 Å². The van der Waals surface area contributed by atoms with Crippen molar-refractivity contribution >= 4 is 11.9 Å². The zero-order valence-corrected chi connectivity index (χ0v) is 10.7. The number of carboxylic acid groups (broad SMARTS) is 1. The zero-order valence-electron chi connectivity index (χ0n) is 10.7. The third kappa shape index (κ3) is 3.30. The Morgan fingerprint density at radius 2 is 2.11 bits per heavy atom. The molecule has 0 atom stereocenters. The highest BCUT2D eigenvalue weighted by molar-refractivity contribution is 5.97. The number of nitrogens with zero attached hydrogens (tertiary/aromatic N) is 2. The summed E-state index contributed by atoms with van der Waals surface area (Å²) in [5, 5.41) is 15.4. The lowest BCUT2D eigenvalue weighted by molar-refractivity contribution is -0.137. The molecule has 0 aromatic carbocycles. The fourth-order valence-corrected chi connectivity index (χ4v) is 1.64. The van der Waals surface area contributed by atoms with Gasteiger partial charge in [0.25, 0.3) is 5.91 Å². The van der Waals surface area contributed by atoms with E-state index < -0.39 is 5.97 Å². The van der Waals surface area contributed by atoms with Gasteiger partial charge in [0.05, 0.1) is 17.9 Å². The molecule has 1 heterocycles. The summed E-state index contributed by atoms with van der Waals surface area (Å²) in [7, 11) is 1.50. The van der Waals surface area contributed by atoms with Crippen LogP contribution in [0.1, 0.15) is 21.7 Å². The maximum atomic E-state index is 12.2. The molecule has 1 amide bonds. The van der Waals surface area contributed by atoms with Gasteiger partial charge in [0.2, 0.25) is 0 Å². The van der Waals surface area contributed by atoms with Crippen molar-refractivity contribution in [3.8, 4) is 0 Å². The lowest BCUT2D eigenvalue weighted by Gasteiger charge is -2.20. The van der Waals surface area contributed by atoms with E-state index in [9.17, 15) is 9.59 Å². The van der Waals surface area contributed by atoms with Gasteiger partial charge in [-0.15, -0.1) is 0 Å². The third-order valence-corrected chi connectivity index (χ3v) is 2.52. The van der Waals surface area contributed by atoms with Crippen molar-refractivity contribution in [1.29, 1.82) is 0 Å². The second-order valence-corrected chi connectivity index (χ2v) is 3.92. The van der Waals surface area contributed by atoms with Crippen LogP contribution in [0.25, 0.3) is 0 Å². The van der Waals surface area contributed by atoms with E-state index in [1.807, 2.05) is 0 Å². The Bertz CT molecular complexity index is 422. The molecule has 0 saturated carbocycles. The van der Waals surface area contributed by atoms with Gasteiger partial charge in [-0.1, -0.05) is 0 Å². The Balaban J connectivity index is 2.91. The van der Waals surface area contributed by atoms with E-state index in [0.717, 1.165) is 0 Å². The number of aliphatic carboxylic acids is 1. The normalized spacial score (nSPS) is 10.4. The molecule has 0 aliphatic rings. The second kappa shape index (κ2) is 6.15. The van der Waals surface area contributed by atoms with Crippen LogP contribution >= 0.6 is 0 Å². The van der Waals surface area contributed by atoms with E-state index >= 15 is 0 Å². The smallest absolute Gasteiger partial charge is 0.323 e. The van der Waals surface area contributed by atoms with Crippen molar-refractivity contribution < 1.29 is 19.4 Å². The van der Waals surface area contributed by atoms with Gasteiger partial charge in [0.1, 0.15) is 6.54 Å². The Labute approximate surface area is 105 Å². The molecule has 0 fully saturated rings. The molecule has 1 aromatic rings. The first-order chi connectivity index (χ1) is 8.47. The number of ether oxygens (including phenoxy) is 1. The number of amides is 1. The van der Waals surface area contributed by atoms with Crippen LogP contribution in [0.15, 0.2) is 0 Å². The number of hydrogen-bond donors (Lipinski definition) is 2. The molecule has 1 aromatic heterocycles. The first-order valence-corrected chi connectivity index (χ1v) is 5.49. The molecule has 0 aliphatic carbocycles. The molecule has 2 N–H and O–H groups in total. The average molecular weight is 255 g/mol. The number of aryl methyl sites for hydroxylation is 2. The monoisotopic (exact) mass is 255 g/mol. The number of methoxy groups -OCH3 is 1. The minimum Gasteiger partial charge on any atom is -0.480 e. The second-order valence-electron chi connectivity index (χ2n) is 3.92. The van der Waals surface area contributed by atoms with Crippen molar-refractivity contribution in [2.24, 2.45) is 0 Å². The van der Waals surface area contributed by atoms with Crippen LogP contribution in [-0.4, -0.2) is 58.9 Å². The number of aromatic amines is 1. The highest BCUT2D eigenvalue weighted by atomic mass is 16.5. The summed E-state index contributed by atoms with van der Waals surface area (Å²) in [5.41, 5.74) is 1.61. The van der Waals surface area contributed by atoms with Crippen LogP contribution in [0.4, 0.5) is 0 Å². The number of carboxylic acids is 1. The molecule has 1 rings (SSSR count). The summed E-state index contributed by atoms with van der Waals surface area (Å²) >= 11 is 0. The highest BCUT2D eigenvalue weighted by Gasteiger charge is 2.23. The Morgan fingerprint density at radius 1 is 1.44 bits per heavy atom. The quantitative estimate of drug-likeness (QED) is 0.757. The molecule has 0 saturated heterocycles. The number of H-pyrrole nitrogens is 1. The first kappa shape index (κ1) is 14.2. The fourth-order valence-electron chi connectivity index (χ4n) is 1.64. The number of hydrogen-bond acceptors (Lipinski definition) is 4. The van der Waals surface area contributed by atoms with Gasteiger partial charge < -0.3 is 14.7 Å². The van der Waals surface area contributed by atoms with E-state index in [4.69, 9.17) is 9.84 Å². The molecule has 0 spiro atoms. The van der Waals surface area contributed by atoms with Crippen molar-refractivity contribution in [3.63, 3.8) is 0 Å². The predicted octanol–water partition coefficient (Wildman–Crippen LogP) is 0.200. The summed E-state index contributed by atoms with van der Waals surface area (Å²) < 4.78 is 4.87. The fraction of sp³-hybridized carbons (Fsp3) is 0.545. The van der Waals surface area contributed by atoms with Crippen LogP contribution in [0, 0.1) is 13.8 Å². The van der Waals surface area contributed by atoms with Crippen LogP contribution in [0.5, 0.6) is 0 Å². The third-order valence-electron chi connectivity index (χ3n) is 2.52. The molecule has 0 unspecified atom stereocenters. The molecule has 7 nitrogen and oxygen atoms in total. The standard InChI is InChI=1S/C11H17N3O4/c1-7-10(8(2)13-12-7)11(17)14(4-5-18-3)6-9(15)16/h4-6H2,1-3H3,(H,12,13)(H,15,16). The SMILES string of the molecule is COCCN(CC(=O)O)C(=O)c1c(C)n[nH]c1C. The Kier molecular flexibility index (Phi) is 4.85. The summed E-state index contributed by atoms with van der Waals surface area (Å²) in [5.74, 6) is -1.41. The van der Waals surface area contributed by atoms with Gasteiger partial charge in [0.15, 0.2) is 0 Å². The molecule has 0 bridgehead atoms.